The van der Waals surface area contributed by atoms with E-state index in [9.17, 15) is 9.59 Å². The number of hydrogen-bond acceptors (Lipinski definition) is 7. The third-order valence-electron chi connectivity index (χ3n) is 5.26. The van der Waals surface area contributed by atoms with E-state index in [4.69, 9.17) is 9.72 Å². The average Bonchev–Trinajstić information content (AvgIpc) is 3.04. The molecule has 3 rings (SSSR count). The average molecular weight is 468 g/mol. The summed E-state index contributed by atoms with van der Waals surface area (Å²) in [5.41, 5.74) is 2.41. The maximum atomic E-state index is 13.2. The van der Waals surface area contributed by atoms with Gasteiger partial charge in [-0.15, -0.1) is 0 Å². The Bertz CT molecular complexity index is 1170. The minimum atomic E-state index is -0.596. The van der Waals surface area contributed by atoms with Crippen LogP contribution in [0.3, 0.4) is 0 Å². The van der Waals surface area contributed by atoms with Crippen molar-refractivity contribution < 1.29 is 14.3 Å². The molecule has 182 valence electrons. The molecule has 2 aromatic heterocycles. The predicted octanol–water partition coefficient (Wildman–Crippen LogP) is 3.26. The first kappa shape index (κ1) is 25.0. The first-order chi connectivity index (χ1) is 16.1. The van der Waals surface area contributed by atoms with Crippen LogP contribution in [0.25, 0.3) is 11.0 Å². The largest absolute Gasteiger partial charge is 0.491 e. The molecule has 34 heavy (non-hydrogen) atoms. The monoisotopic (exact) mass is 467 g/mol. The van der Waals surface area contributed by atoms with Crippen LogP contribution in [0.2, 0.25) is 0 Å². The molecule has 0 spiro atoms. The maximum Gasteiger partial charge on any atom is 0.333 e. The van der Waals surface area contributed by atoms with Gasteiger partial charge < -0.3 is 19.9 Å². The fraction of sp³-hybridized carbons (Fsp3) is 0.417. The number of carbonyl (C=O) groups is 2. The number of pyridine rings is 1. The third kappa shape index (κ3) is 5.63. The van der Waals surface area contributed by atoms with Crippen LogP contribution < -0.4 is 19.9 Å². The van der Waals surface area contributed by atoms with E-state index < -0.39 is 6.03 Å². The number of imide groups is 1. The number of urea groups is 1. The molecule has 0 aliphatic heterocycles. The van der Waals surface area contributed by atoms with E-state index in [2.05, 4.69) is 15.3 Å². The Morgan fingerprint density at radius 1 is 1.21 bits per heavy atom. The van der Waals surface area contributed by atoms with Gasteiger partial charge in [0.05, 0.1) is 23.2 Å². The number of likely N-dealkylation sites (N-methyl/N-ethyl adjacent to an activating group) is 2. The first-order valence-electron chi connectivity index (χ1n) is 11.1. The lowest BCUT2D eigenvalue weighted by molar-refractivity contribution is -0.106. The molecule has 0 atom stereocenters. The standard InChI is InChI=1S/C24H33N7O3/c1-16(2)34-19-10-8-9-18(13-19)31(15-32)24(33)25-21-14-20-17(3)27-30(7)22(20)26-23(21)29(6)12-11-28(4)5/h8-10,13-16H,11-12H2,1-7H3,(H,25,33). The summed E-state index contributed by atoms with van der Waals surface area (Å²) in [4.78, 5) is 35.0. The second-order valence-electron chi connectivity index (χ2n) is 8.73. The Labute approximate surface area is 200 Å². The highest BCUT2D eigenvalue weighted by Crippen LogP contribution is 2.30. The Kier molecular flexibility index (Phi) is 7.72. The van der Waals surface area contributed by atoms with Gasteiger partial charge in [-0.25, -0.2) is 14.7 Å². The maximum absolute atomic E-state index is 13.2. The van der Waals surface area contributed by atoms with Crippen molar-refractivity contribution >= 4 is 40.7 Å². The number of benzene rings is 1. The molecule has 0 unspecified atom stereocenters. The minimum absolute atomic E-state index is 0.0328. The van der Waals surface area contributed by atoms with Gasteiger partial charge in [-0.3, -0.25) is 9.48 Å². The number of aryl methyl sites for hydroxylation is 2. The number of fused-ring (bicyclic) bond motifs is 1. The number of carbonyl (C=O) groups excluding carboxylic acids is 2. The van der Waals surface area contributed by atoms with Crippen molar-refractivity contribution in [2.75, 3.05) is 49.3 Å². The topological polar surface area (TPSA) is 95.8 Å². The summed E-state index contributed by atoms with van der Waals surface area (Å²) in [5.74, 6) is 1.17. The van der Waals surface area contributed by atoms with Gasteiger partial charge in [-0.1, -0.05) is 6.07 Å². The zero-order chi connectivity index (χ0) is 25.0. The van der Waals surface area contributed by atoms with Gasteiger partial charge in [0.1, 0.15) is 5.75 Å². The van der Waals surface area contributed by atoms with Crippen molar-refractivity contribution in [2.24, 2.45) is 7.05 Å². The van der Waals surface area contributed by atoms with Crippen LogP contribution in [0, 0.1) is 6.92 Å². The van der Waals surface area contributed by atoms with E-state index in [0.717, 1.165) is 22.5 Å². The number of nitrogens with one attached hydrogen (secondary N) is 1. The highest BCUT2D eigenvalue weighted by Gasteiger charge is 2.21. The van der Waals surface area contributed by atoms with Crippen LogP contribution in [-0.4, -0.2) is 72.4 Å². The zero-order valence-electron chi connectivity index (χ0n) is 20.9. The summed E-state index contributed by atoms with van der Waals surface area (Å²) >= 11 is 0. The minimum Gasteiger partial charge on any atom is -0.491 e. The molecule has 0 fully saturated rings. The van der Waals surface area contributed by atoms with Gasteiger partial charge in [-0.05, 0) is 53.1 Å². The molecule has 1 N–H and O–H groups in total. The van der Waals surface area contributed by atoms with Gasteiger partial charge >= 0.3 is 6.03 Å². The Hall–Kier alpha value is -3.66. The van der Waals surface area contributed by atoms with Gasteiger partial charge in [0, 0.05) is 38.6 Å². The summed E-state index contributed by atoms with van der Waals surface area (Å²) in [6, 6.07) is 8.12. The van der Waals surface area contributed by atoms with E-state index in [1.54, 1.807) is 28.9 Å². The highest BCUT2D eigenvalue weighted by atomic mass is 16.5. The van der Waals surface area contributed by atoms with Gasteiger partial charge in [0.25, 0.3) is 0 Å². The van der Waals surface area contributed by atoms with E-state index in [0.29, 0.717) is 41.5 Å². The first-order valence-corrected chi connectivity index (χ1v) is 11.1. The van der Waals surface area contributed by atoms with E-state index in [1.165, 1.54) is 0 Å². The Morgan fingerprint density at radius 3 is 2.59 bits per heavy atom. The molecular weight excluding hydrogens is 434 g/mol. The van der Waals surface area contributed by atoms with E-state index in [-0.39, 0.29) is 6.10 Å². The third-order valence-corrected chi connectivity index (χ3v) is 5.26. The van der Waals surface area contributed by atoms with Crippen LogP contribution in [0.4, 0.5) is 22.0 Å². The van der Waals surface area contributed by atoms with Gasteiger partial charge in [0.2, 0.25) is 6.41 Å². The molecule has 0 saturated heterocycles. The Morgan fingerprint density at radius 2 is 1.94 bits per heavy atom. The van der Waals surface area contributed by atoms with Crippen molar-refractivity contribution in [2.45, 2.75) is 26.9 Å². The normalized spacial score (nSPS) is 11.2. The van der Waals surface area contributed by atoms with Crippen LogP contribution in [0.1, 0.15) is 19.5 Å². The molecule has 0 aliphatic carbocycles. The molecule has 3 aromatic rings. The smallest absolute Gasteiger partial charge is 0.333 e. The predicted molar refractivity (Wildman–Crippen MR) is 135 cm³/mol. The fourth-order valence-corrected chi connectivity index (χ4v) is 3.55. The summed E-state index contributed by atoms with van der Waals surface area (Å²) in [7, 11) is 7.75. The lowest BCUT2D eigenvalue weighted by atomic mass is 10.2. The van der Waals surface area contributed by atoms with Crippen molar-refractivity contribution in [1.29, 1.82) is 0 Å². The van der Waals surface area contributed by atoms with Gasteiger partial charge in [-0.2, -0.15) is 5.10 Å². The number of anilines is 3. The number of hydrogen-bond donors (Lipinski definition) is 1. The van der Waals surface area contributed by atoms with Crippen molar-refractivity contribution in [1.82, 2.24) is 19.7 Å². The second-order valence-corrected chi connectivity index (χ2v) is 8.73. The molecule has 10 nitrogen and oxygen atoms in total. The summed E-state index contributed by atoms with van der Waals surface area (Å²) in [6.45, 7) is 7.21. The fourth-order valence-electron chi connectivity index (χ4n) is 3.55. The van der Waals surface area contributed by atoms with Gasteiger partial charge in [0.15, 0.2) is 11.5 Å². The van der Waals surface area contributed by atoms with Crippen molar-refractivity contribution in [3.05, 3.63) is 36.0 Å². The molecule has 10 heteroatoms. The number of amides is 3. The molecule has 0 aliphatic rings. The van der Waals surface area contributed by atoms with E-state index >= 15 is 0 Å². The molecule has 1 aromatic carbocycles. The molecule has 3 amide bonds. The number of nitrogens with zero attached hydrogens (tertiary/aromatic N) is 6. The Balaban J connectivity index is 1.96. The van der Waals surface area contributed by atoms with Crippen LogP contribution in [0.5, 0.6) is 5.75 Å². The lowest BCUT2D eigenvalue weighted by Crippen LogP contribution is -2.35. The zero-order valence-corrected chi connectivity index (χ0v) is 20.9. The number of ether oxygens (including phenoxy) is 1. The number of aromatic nitrogens is 3. The summed E-state index contributed by atoms with van der Waals surface area (Å²) < 4.78 is 7.42. The van der Waals surface area contributed by atoms with Crippen LogP contribution >= 0.6 is 0 Å². The SMILES string of the molecule is Cc1nn(C)c2nc(N(C)CCN(C)C)c(NC(=O)N(C=O)c3cccc(OC(C)C)c3)cc12. The second kappa shape index (κ2) is 10.5. The molecule has 0 bridgehead atoms. The number of rotatable bonds is 9. The van der Waals surface area contributed by atoms with Crippen LogP contribution in [-0.2, 0) is 11.8 Å². The summed E-state index contributed by atoms with van der Waals surface area (Å²) in [6.07, 6.45) is 0.454. The quantitative estimate of drug-likeness (QED) is 0.483. The molecule has 2 heterocycles. The van der Waals surface area contributed by atoms with Crippen molar-refractivity contribution in [3.8, 4) is 5.75 Å². The lowest BCUT2D eigenvalue weighted by Gasteiger charge is -2.24. The summed E-state index contributed by atoms with van der Waals surface area (Å²) in [5, 5.41) is 8.16. The molecular formula is C24H33N7O3. The molecule has 0 radical (unpaired) electrons. The molecule has 0 saturated carbocycles. The van der Waals surface area contributed by atoms with Crippen molar-refractivity contribution in [3.63, 3.8) is 0 Å². The van der Waals surface area contributed by atoms with E-state index in [1.807, 2.05) is 59.9 Å². The van der Waals surface area contributed by atoms with Crippen LogP contribution in [0.15, 0.2) is 30.3 Å². The highest BCUT2D eigenvalue weighted by molar-refractivity contribution is 6.13.